The molecule has 1 unspecified atom stereocenters. The van der Waals surface area contributed by atoms with Crippen molar-refractivity contribution in [2.45, 2.75) is 18.9 Å². The van der Waals surface area contributed by atoms with Gasteiger partial charge in [-0.25, -0.2) is 0 Å². The van der Waals surface area contributed by atoms with E-state index in [0.717, 1.165) is 0 Å². The summed E-state index contributed by atoms with van der Waals surface area (Å²) >= 11 is 0. The molecule has 1 atom stereocenters. The smallest absolute Gasteiger partial charge is 0.253 e. The molecular weight excluding hydrogens is 246 g/mol. The molecule has 19 heavy (non-hydrogen) atoms. The number of nitrogens with two attached hydrogens (primary N) is 1. The zero-order chi connectivity index (χ0) is 14.0. The first-order valence-corrected chi connectivity index (χ1v) is 6.02. The van der Waals surface area contributed by atoms with E-state index >= 15 is 0 Å². The van der Waals surface area contributed by atoms with Gasteiger partial charge in [0, 0.05) is 24.2 Å². The van der Waals surface area contributed by atoms with Gasteiger partial charge in [-0.05, 0) is 25.5 Å². The second-order valence-corrected chi connectivity index (χ2v) is 5.04. The molecule has 0 bridgehead atoms. The molecule has 1 aromatic carbocycles. The van der Waals surface area contributed by atoms with Gasteiger partial charge in [-0.15, -0.1) is 0 Å². The number of carbonyl (C=O) groups is 1. The summed E-state index contributed by atoms with van der Waals surface area (Å²) in [5.41, 5.74) is 5.72. The predicted octanol–water partition coefficient (Wildman–Crippen LogP) is 0.378. The normalized spacial score (nSPS) is 23.7. The lowest BCUT2D eigenvalue weighted by Crippen LogP contribution is -2.33. The van der Waals surface area contributed by atoms with Gasteiger partial charge in [0.15, 0.2) is 5.84 Å². The Balaban J connectivity index is 2.13. The molecule has 1 fully saturated rings. The highest BCUT2D eigenvalue weighted by Crippen LogP contribution is 2.22. The minimum Gasteiger partial charge on any atom is -0.409 e. The van der Waals surface area contributed by atoms with Crippen LogP contribution in [0.3, 0.4) is 0 Å². The minimum atomic E-state index is -0.802. The molecule has 1 saturated heterocycles. The van der Waals surface area contributed by atoms with Crippen LogP contribution in [0.1, 0.15) is 29.3 Å². The molecule has 1 aliphatic rings. The summed E-state index contributed by atoms with van der Waals surface area (Å²) in [5, 5.41) is 21.3. The van der Waals surface area contributed by atoms with Gasteiger partial charge in [0.1, 0.15) is 0 Å². The van der Waals surface area contributed by atoms with Gasteiger partial charge in [0.25, 0.3) is 5.91 Å². The fraction of sp³-hybridized carbons (Fsp3) is 0.385. The Morgan fingerprint density at radius 1 is 1.37 bits per heavy atom. The zero-order valence-electron chi connectivity index (χ0n) is 10.7. The molecule has 6 heteroatoms. The summed E-state index contributed by atoms with van der Waals surface area (Å²) in [6, 6.07) is 6.50. The number of hydrogen-bond donors (Lipinski definition) is 3. The lowest BCUT2D eigenvalue weighted by molar-refractivity contribution is 0.0572. The third kappa shape index (κ3) is 2.85. The number of likely N-dealkylation sites (tertiary alicyclic amines) is 1. The van der Waals surface area contributed by atoms with Crippen LogP contribution in [0.2, 0.25) is 0 Å². The molecule has 0 radical (unpaired) electrons. The summed E-state index contributed by atoms with van der Waals surface area (Å²) in [7, 11) is 0. The van der Waals surface area contributed by atoms with E-state index in [9.17, 15) is 9.90 Å². The number of amidine groups is 1. The predicted molar refractivity (Wildman–Crippen MR) is 70.1 cm³/mol. The third-order valence-electron chi connectivity index (χ3n) is 3.27. The quantitative estimate of drug-likeness (QED) is 0.311. The molecule has 1 amide bonds. The van der Waals surface area contributed by atoms with Crippen molar-refractivity contribution in [3.63, 3.8) is 0 Å². The second-order valence-electron chi connectivity index (χ2n) is 5.04. The first-order chi connectivity index (χ1) is 8.93. The van der Waals surface area contributed by atoms with Gasteiger partial charge in [0.05, 0.1) is 5.60 Å². The van der Waals surface area contributed by atoms with Gasteiger partial charge >= 0.3 is 0 Å². The number of hydrogen-bond acceptors (Lipinski definition) is 4. The molecule has 1 aliphatic heterocycles. The summed E-state index contributed by atoms with van der Waals surface area (Å²) in [5.74, 6) is -0.119. The molecule has 0 saturated carbocycles. The number of amides is 1. The van der Waals surface area contributed by atoms with Gasteiger partial charge in [-0.1, -0.05) is 17.3 Å². The van der Waals surface area contributed by atoms with Crippen molar-refractivity contribution in [1.82, 2.24) is 4.90 Å². The highest BCUT2D eigenvalue weighted by Gasteiger charge is 2.34. The van der Waals surface area contributed by atoms with E-state index in [4.69, 9.17) is 10.9 Å². The average Bonchev–Trinajstić information content (AvgIpc) is 2.77. The number of nitrogens with zero attached hydrogens (tertiary/aromatic N) is 2. The summed E-state index contributed by atoms with van der Waals surface area (Å²) in [6.07, 6.45) is 0.584. The maximum Gasteiger partial charge on any atom is 0.253 e. The summed E-state index contributed by atoms with van der Waals surface area (Å²) in [4.78, 5) is 13.8. The summed E-state index contributed by atoms with van der Waals surface area (Å²) in [6.45, 7) is 2.61. The number of rotatable bonds is 2. The van der Waals surface area contributed by atoms with Crippen molar-refractivity contribution in [1.29, 1.82) is 0 Å². The fourth-order valence-corrected chi connectivity index (χ4v) is 2.14. The lowest BCUT2D eigenvalue weighted by atomic mass is 10.1. The topological polar surface area (TPSA) is 99.2 Å². The van der Waals surface area contributed by atoms with Gasteiger partial charge in [0.2, 0.25) is 0 Å². The maximum absolute atomic E-state index is 12.2. The SMILES string of the molecule is CC1(O)CCN(C(=O)c2ccc(/C(N)=N/O)cc2)C1. The molecule has 1 heterocycles. The van der Waals surface area contributed by atoms with Crippen LogP contribution >= 0.6 is 0 Å². The van der Waals surface area contributed by atoms with Crippen LogP contribution in [0.15, 0.2) is 29.4 Å². The maximum atomic E-state index is 12.2. The average molecular weight is 263 g/mol. The Morgan fingerprint density at radius 3 is 2.42 bits per heavy atom. The molecule has 0 aliphatic carbocycles. The number of oxime groups is 1. The molecule has 6 nitrogen and oxygen atoms in total. The molecule has 0 aromatic heterocycles. The van der Waals surface area contributed by atoms with Crippen molar-refractivity contribution >= 4 is 11.7 Å². The molecule has 4 N–H and O–H groups in total. The zero-order valence-corrected chi connectivity index (χ0v) is 10.7. The van der Waals surface area contributed by atoms with E-state index in [1.54, 1.807) is 36.1 Å². The van der Waals surface area contributed by atoms with Crippen molar-refractivity contribution < 1.29 is 15.1 Å². The van der Waals surface area contributed by atoms with Gasteiger partial charge in [-0.2, -0.15) is 0 Å². The number of β-amino-alcohol motifs (C(OH)–C–C–N with tert-alkyl or cyclic N) is 1. The highest BCUT2D eigenvalue weighted by molar-refractivity contribution is 5.99. The van der Waals surface area contributed by atoms with E-state index < -0.39 is 5.60 Å². The fourth-order valence-electron chi connectivity index (χ4n) is 2.14. The van der Waals surface area contributed by atoms with Crippen LogP contribution < -0.4 is 5.73 Å². The molecule has 0 spiro atoms. The molecular formula is C13H17N3O3. The van der Waals surface area contributed by atoms with E-state index in [1.807, 2.05) is 0 Å². The van der Waals surface area contributed by atoms with Crippen LogP contribution in [0.25, 0.3) is 0 Å². The second kappa shape index (κ2) is 4.89. The summed E-state index contributed by atoms with van der Waals surface area (Å²) < 4.78 is 0. The number of carbonyl (C=O) groups excluding carboxylic acids is 1. The van der Waals surface area contributed by atoms with Crippen LogP contribution in [-0.4, -0.2) is 45.6 Å². The number of benzene rings is 1. The van der Waals surface area contributed by atoms with E-state index in [1.165, 1.54) is 0 Å². The first-order valence-electron chi connectivity index (χ1n) is 6.02. The van der Waals surface area contributed by atoms with E-state index in [0.29, 0.717) is 30.6 Å². The van der Waals surface area contributed by atoms with Crippen molar-refractivity contribution in [2.24, 2.45) is 10.9 Å². The van der Waals surface area contributed by atoms with E-state index in [-0.39, 0.29) is 11.7 Å². The van der Waals surface area contributed by atoms with Gasteiger partial charge < -0.3 is 20.9 Å². The van der Waals surface area contributed by atoms with Gasteiger partial charge in [-0.3, -0.25) is 4.79 Å². The Hall–Kier alpha value is -2.08. The Morgan fingerprint density at radius 2 is 1.95 bits per heavy atom. The van der Waals surface area contributed by atoms with Crippen molar-refractivity contribution in [3.8, 4) is 0 Å². The highest BCUT2D eigenvalue weighted by atomic mass is 16.4. The molecule has 1 aromatic rings. The first kappa shape index (κ1) is 13.4. The third-order valence-corrected chi connectivity index (χ3v) is 3.27. The van der Waals surface area contributed by atoms with Crippen LogP contribution in [0.4, 0.5) is 0 Å². The monoisotopic (exact) mass is 263 g/mol. The van der Waals surface area contributed by atoms with Crippen molar-refractivity contribution in [3.05, 3.63) is 35.4 Å². The van der Waals surface area contributed by atoms with Crippen LogP contribution in [0.5, 0.6) is 0 Å². The number of aliphatic hydroxyl groups is 1. The van der Waals surface area contributed by atoms with Crippen LogP contribution in [0, 0.1) is 0 Å². The van der Waals surface area contributed by atoms with Crippen LogP contribution in [-0.2, 0) is 0 Å². The van der Waals surface area contributed by atoms with E-state index in [2.05, 4.69) is 5.16 Å². The largest absolute Gasteiger partial charge is 0.409 e. The minimum absolute atomic E-state index is 0.00287. The molecule has 102 valence electrons. The Kier molecular flexibility index (Phi) is 3.44. The lowest BCUT2D eigenvalue weighted by Gasteiger charge is -2.19. The Bertz CT molecular complexity index is 508. The standard InChI is InChI=1S/C13H17N3O3/c1-13(18)6-7-16(8-13)12(17)10-4-2-9(3-5-10)11(14)15-19/h2-5,18-19H,6-8H2,1H3,(H2,14,15). The Labute approximate surface area is 111 Å². The van der Waals surface area contributed by atoms with Crippen molar-refractivity contribution in [2.75, 3.05) is 13.1 Å². The molecule has 2 rings (SSSR count).